The molecule has 0 radical (unpaired) electrons. The van der Waals surface area contributed by atoms with Crippen LogP contribution in [0.25, 0.3) is 0 Å². The number of carbonyl (C=O) groups excluding carboxylic acids is 3. The lowest BCUT2D eigenvalue weighted by molar-refractivity contribution is -0.153. The van der Waals surface area contributed by atoms with Gasteiger partial charge >= 0.3 is 11.9 Å². The van der Waals surface area contributed by atoms with Crippen molar-refractivity contribution in [3.05, 3.63) is 77.6 Å². The zero-order valence-corrected chi connectivity index (χ0v) is 22.9. The Labute approximate surface area is 228 Å². The van der Waals surface area contributed by atoms with Gasteiger partial charge < -0.3 is 23.7 Å². The predicted octanol–water partition coefficient (Wildman–Crippen LogP) is 5.01. The summed E-state index contributed by atoms with van der Waals surface area (Å²) in [5, 5.41) is 0. The number of rotatable bonds is 12. The molecule has 206 valence electrons. The van der Waals surface area contributed by atoms with Gasteiger partial charge in [0.1, 0.15) is 17.6 Å². The van der Waals surface area contributed by atoms with Crippen molar-refractivity contribution in [1.82, 2.24) is 4.98 Å². The van der Waals surface area contributed by atoms with Crippen LogP contribution in [0.2, 0.25) is 0 Å². The summed E-state index contributed by atoms with van der Waals surface area (Å²) >= 11 is 0. The Balaban J connectivity index is 1.80. The van der Waals surface area contributed by atoms with Crippen molar-refractivity contribution >= 4 is 17.7 Å². The number of ether oxygens (including phenoxy) is 5. The van der Waals surface area contributed by atoms with Crippen LogP contribution in [0.5, 0.6) is 23.0 Å². The van der Waals surface area contributed by atoms with Gasteiger partial charge in [-0.3, -0.25) is 14.4 Å². The highest BCUT2D eigenvalue weighted by Crippen LogP contribution is 2.34. The minimum Gasteiger partial charge on any atom is -0.497 e. The van der Waals surface area contributed by atoms with Crippen molar-refractivity contribution in [2.75, 3.05) is 21.3 Å². The van der Waals surface area contributed by atoms with Crippen molar-refractivity contribution in [1.29, 1.82) is 0 Å². The molecule has 0 spiro atoms. The first-order valence-corrected chi connectivity index (χ1v) is 12.4. The molecule has 9 nitrogen and oxygen atoms in total. The van der Waals surface area contributed by atoms with Crippen molar-refractivity contribution in [2.45, 2.75) is 39.2 Å². The van der Waals surface area contributed by atoms with Crippen LogP contribution in [0.4, 0.5) is 0 Å². The van der Waals surface area contributed by atoms with E-state index in [1.54, 1.807) is 21.1 Å². The second-order valence-electron chi connectivity index (χ2n) is 8.98. The minimum atomic E-state index is -0.787. The number of pyridine rings is 1. The van der Waals surface area contributed by atoms with E-state index < -0.39 is 29.7 Å². The van der Waals surface area contributed by atoms with E-state index in [4.69, 9.17) is 23.7 Å². The number of ketones is 1. The first kappa shape index (κ1) is 29.2. The number of aromatic nitrogens is 1. The first-order valence-electron chi connectivity index (χ1n) is 12.4. The lowest BCUT2D eigenvalue weighted by Gasteiger charge is -2.26. The van der Waals surface area contributed by atoms with Crippen LogP contribution >= 0.6 is 0 Å². The standard InChI is InChI=1S/C30H33NO8/c1-18(17-25(33)28-29(39-20(3)32)26(37-6)15-16-31-28)30(34)38-19(2)27(21-7-11-23(35-4)12-8-21)22-9-13-24(36-5)14-10-22/h7-16,18-19,27H,17H2,1-6H3/t18-,19+/m1/s1. The minimum absolute atomic E-state index is 0.0782. The lowest BCUT2D eigenvalue weighted by atomic mass is 9.87. The molecule has 0 fully saturated rings. The molecule has 2 atom stereocenters. The van der Waals surface area contributed by atoms with Gasteiger partial charge in [-0.25, -0.2) is 4.98 Å². The molecule has 0 aliphatic heterocycles. The fourth-order valence-corrected chi connectivity index (χ4v) is 4.21. The van der Waals surface area contributed by atoms with Gasteiger partial charge in [0.15, 0.2) is 17.2 Å². The number of hydrogen-bond acceptors (Lipinski definition) is 9. The maximum Gasteiger partial charge on any atom is 0.309 e. The summed E-state index contributed by atoms with van der Waals surface area (Å²) in [4.78, 5) is 41.8. The highest BCUT2D eigenvalue weighted by molar-refractivity contribution is 5.99. The van der Waals surface area contributed by atoms with Crippen LogP contribution in [0, 0.1) is 5.92 Å². The van der Waals surface area contributed by atoms with Crippen LogP contribution in [0.15, 0.2) is 60.8 Å². The summed E-state index contributed by atoms with van der Waals surface area (Å²) in [6.07, 6.45) is 0.608. The van der Waals surface area contributed by atoms with Gasteiger partial charge in [-0.1, -0.05) is 31.2 Å². The third-order valence-electron chi connectivity index (χ3n) is 6.21. The lowest BCUT2D eigenvalue weighted by Crippen LogP contribution is -2.28. The van der Waals surface area contributed by atoms with E-state index >= 15 is 0 Å². The number of carbonyl (C=O) groups is 3. The normalized spacial score (nSPS) is 12.3. The Hall–Kier alpha value is -4.40. The fourth-order valence-electron chi connectivity index (χ4n) is 4.21. The summed E-state index contributed by atoms with van der Waals surface area (Å²) in [5.74, 6) is -1.19. The van der Waals surface area contributed by atoms with Crippen molar-refractivity contribution in [3.8, 4) is 23.0 Å². The molecule has 0 saturated heterocycles. The highest BCUT2D eigenvalue weighted by Gasteiger charge is 2.29. The van der Waals surface area contributed by atoms with Crippen molar-refractivity contribution in [2.24, 2.45) is 5.92 Å². The molecule has 0 N–H and O–H groups in total. The second-order valence-corrected chi connectivity index (χ2v) is 8.98. The van der Waals surface area contributed by atoms with Crippen LogP contribution in [-0.2, 0) is 14.3 Å². The summed E-state index contributed by atoms with van der Waals surface area (Å²) in [7, 11) is 4.58. The number of Topliss-reactive ketones (excluding diaryl/α,β-unsaturated/α-hetero) is 1. The SMILES string of the molecule is COc1ccc(C(c2ccc(OC)cc2)[C@H](C)OC(=O)[C@H](C)CC(=O)c2nccc(OC)c2OC(C)=O)cc1. The van der Waals surface area contributed by atoms with E-state index in [9.17, 15) is 14.4 Å². The summed E-state index contributed by atoms with van der Waals surface area (Å²) in [6.45, 7) is 4.63. The molecule has 0 unspecified atom stereocenters. The van der Waals surface area contributed by atoms with Crippen LogP contribution in [0.3, 0.4) is 0 Å². The largest absolute Gasteiger partial charge is 0.497 e. The van der Waals surface area contributed by atoms with E-state index in [1.165, 1.54) is 26.3 Å². The van der Waals surface area contributed by atoms with Crippen LogP contribution in [-0.4, -0.2) is 50.1 Å². The molecule has 0 bridgehead atoms. The maximum absolute atomic E-state index is 13.1. The molecule has 0 aliphatic carbocycles. The molecule has 0 aliphatic rings. The molecule has 3 aromatic rings. The second kappa shape index (κ2) is 13.4. The van der Waals surface area contributed by atoms with Crippen LogP contribution < -0.4 is 18.9 Å². The molecule has 9 heteroatoms. The van der Waals surface area contributed by atoms with Crippen molar-refractivity contribution in [3.63, 3.8) is 0 Å². The maximum atomic E-state index is 13.1. The Morgan fingerprint density at radius 2 is 1.33 bits per heavy atom. The molecule has 3 rings (SSSR count). The van der Waals surface area contributed by atoms with Crippen LogP contribution in [0.1, 0.15) is 54.7 Å². The van der Waals surface area contributed by atoms with Gasteiger partial charge in [-0.05, 0) is 42.3 Å². The monoisotopic (exact) mass is 535 g/mol. The van der Waals surface area contributed by atoms with E-state index in [-0.39, 0.29) is 29.5 Å². The van der Waals surface area contributed by atoms with Gasteiger partial charge in [0.2, 0.25) is 5.75 Å². The van der Waals surface area contributed by atoms with Gasteiger partial charge in [-0.2, -0.15) is 0 Å². The smallest absolute Gasteiger partial charge is 0.309 e. The Kier molecular flexibility index (Phi) is 10.0. The Bertz CT molecular complexity index is 1240. The molecule has 1 heterocycles. The third kappa shape index (κ3) is 7.34. The van der Waals surface area contributed by atoms with Gasteiger partial charge in [-0.15, -0.1) is 0 Å². The average Bonchev–Trinajstić information content (AvgIpc) is 2.93. The van der Waals surface area contributed by atoms with E-state index in [2.05, 4.69) is 4.98 Å². The summed E-state index contributed by atoms with van der Waals surface area (Å²) in [6, 6.07) is 16.6. The Morgan fingerprint density at radius 1 is 0.795 bits per heavy atom. The average molecular weight is 536 g/mol. The number of nitrogens with zero attached hydrogens (tertiary/aromatic N) is 1. The zero-order valence-electron chi connectivity index (χ0n) is 22.9. The fraction of sp³-hybridized carbons (Fsp3) is 0.333. The van der Waals surface area contributed by atoms with Gasteiger partial charge in [0.05, 0.1) is 27.2 Å². The molecular formula is C30H33NO8. The summed E-state index contributed by atoms with van der Waals surface area (Å²) < 4.78 is 26.8. The number of methoxy groups -OCH3 is 3. The number of hydrogen-bond donors (Lipinski definition) is 0. The topological polar surface area (TPSA) is 110 Å². The Morgan fingerprint density at radius 3 is 1.79 bits per heavy atom. The molecule has 39 heavy (non-hydrogen) atoms. The van der Waals surface area contributed by atoms with E-state index in [0.717, 1.165) is 11.1 Å². The van der Waals surface area contributed by atoms with E-state index in [1.807, 2.05) is 55.5 Å². The van der Waals surface area contributed by atoms with E-state index in [0.29, 0.717) is 11.5 Å². The number of esters is 2. The first-order chi connectivity index (χ1) is 18.7. The molecule has 0 saturated carbocycles. The number of benzene rings is 2. The quantitative estimate of drug-likeness (QED) is 0.234. The molecule has 0 amide bonds. The zero-order chi connectivity index (χ0) is 28.5. The van der Waals surface area contributed by atoms with Gasteiger partial charge in [0.25, 0.3) is 0 Å². The highest BCUT2D eigenvalue weighted by atomic mass is 16.6. The summed E-state index contributed by atoms with van der Waals surface area (Å²) in [5.41, 5.74) is 1.76. The van der Waals surface area contributed by atoms with Gasteiger partial charge in [0, 0.05) is 31.5 Å². The molecular weight excluding hydrogens is 502 g/mol. The predicted molar refractivity (Wildman–Crippen MR) is 144 cm³/mol. The third-order valence-corrected chi connectivity index (χ3v) is 6.21. The molecule has 2 aromatic carbocycles. The van der Waals surface area contributed by atoms with Crippen molar-refractivity contribution < 1.29 is 38.1 Å². The molecule has 1 aromatic heterocycles.